The lowest BCUT2D eigenvalue weighted by Gasteiger charge is -2.05. The van der Waals surface area contributed by atoms with Crippen molar-refractivity contribution in [2.75, 3.05) is 0 Å². The van der Waals surface area contributed by atoms with Crippen LogP contribution in [-0.2, 0) is 4.79 Å². The molecule has 0 spiro atoms. The van der Waals surface area contributed by atoms with Crippen LogP contribution in [0.15, 0.2) is 46.0 Å². The minimum Gasteiger partial charge on any atom is -0.502 e. The van der Waals surface area contributed by atoms with Gasteiger partial charge in [0.05, 0.1) is 10.6 Å². The van der Waals surface area contributed by atoms with Gasteiger partial charge in [-0.3, -0.25) is 10.1 Å². The number of carboxylic acids is 1. The Hall–Kier alpha value is -2.98. The number of allylic oxidation sites excluding steroid dienone is 1. The fourth-order valence-corrected chi connectivity index (χ4v) is 1.07. The van der Waals surface area contributed by atoms with Crippen LogP contribution in [0.1, 0.15) is 0 Å². The lowest BCUT2D eigenvalue weighted by atomic mass is 10.3. The molecule has 0 aliphatic rings. The summed E-state index contributed by atoms with van der Waals surface area (Å²) in [7, 11) is 0. The molecule has 11 heteroatoms. The fourth-order valence-electron chi connectivity index (χ4n) is 1.07. The molecule has 1 aromatic rings. The number of alkyl halides is 3. The van der Waals surface area contributed by atoms with Gasteiger partial charge in [-0.05, 0) is 12.1 Å². The van der Waals surface area contributed by atoms with Crippen molar-refractivity contribution in [2.45, 2.75) is 6.18 Å². The van der Waals surface area contributed by atoms with Crippen LogP contribution >= 0.6 is 0 Å². The minimum absolute atomic E-state index is 0.130. The molecule has 2 N–H and O–H groups in total. The molecule has 112 valence electrons. The molecule has 0 saturated carbocycles. The van der Waals surface area contributed by atoms with Crippen molar-refractivity contribution in [1.29, 1.82) is 0 Å². The van der Waals surface area contributed by atoms with Crippen LogP contribution in [0.4, 0.5) is 24.5 Å². The van der Waals surface area contributed by atoms with Gasteiger partial charge in [0.1, 0.15) is 0 Å². The molecular weight excluding hydrogens is 299 g/mol. The molecule has 0 saturated heterocycles. The number of rotatable bonds is 4. The third kappa shape index (κ3) is 4.26. The largest absolute Gasteiger partial charge is 0.502 e. The highest BCUT2D eigenvalue weighted by molar-refractivity contribution is 5.86. The number of non-ortho nitro benzene ring substituents is 1. The predicted octanol–water partition coefficient (Wildman–Crippen LogP) is 3.10. The van der Waals surface area contributed by atoms with Crippen LogP contribution in [0.25, 0.3) is 0 Å². The fraction of sp³-hybridized carbons (Fsp3) is 0.100. The number of halogens is 3. The number of aliphatic carboxylic acids is 1. The summed E-state index contributed by atoms with van der Waals surface area (Å²) >= 11 is 0. The van der Waals surface area contributed by atoms with E-state index in [-0.39, 0.29) is 11.4 Å². The second kappa shape index (κ2) is 5.98. The molecule has 0 fully saturated rings. The highest BCUT2D eigenvalue weighted by Crippen LogP contribution is 2.27. The Labute approximate surface area is 114 Å². The van der Waals surface area contributed by atoms with Crippen molar-refractivity contribution < 1.29 is 33.1 Å². The lowest BCUT2D eigenvalue weighted by molar-refractivity contribution is -0.384. The number of aliphatic hydroxyl groups is 1. The maximum absolute atomic E-state index is 12.2. The Kier molecular flexibility index (Phi) is 4.58. The van der Waals surface area contributed by atoms with Crippen LogP contribution < -0.4 is 0 Å². The average Bonchev–Trinajstić information content (AvgIpc) is 2.37. The summed E-state index contributed by atoms with van der Waals surface area (Å²) in [4.78, 5) is 20.3. The van der Waals surface area contributed by atoms with Crippen molar-refractivity contribution in [3.63, 3.8) is 0 Å². The van der Waals surface area contributed by atoms with E-state index in [1.165, 1.54) is 0 Å². The summed E-state index contributed by atoms with van der Waals surface area (Å²) in [5.74, 6) is -4.53. The van der Waals surface area contributed by atoms with E-state index < -0.39 is 28.5 Å². The number of benzene rings is 1. The van der Waals surface area contributed by atoms with Gasteiger partial charge in [-0.25, -0.2) is 4.79 Å². The van der Waals surface area contributed by atoms with Gasteiger partial charge in [-0.1, -0.05) is 0 Å². The standard InChI is InChI=1S/C10H6F3N3O5/c11-10(12,13)8(17)7(9(18)19)15-14-5-1-3-6(4-2-5)16(20)21/h1-4,17H,(H,18,19). The average molecular weight is 305 g/mol. The number of nitro benzene ring substituents is 1. The summed E-state index contributed by atoms with van der Waals surface area (Å²) in [5.41, 5.74) is -2.11. The number of azo groups is 1. The zero-order valence-corrected chi connectivity index (χ0v) is 9.90. The molecule has 0 atom stereocenters. The van der Waals surface area contributed by atoms with E-state index in [1.807, 2.05) is 0 Å². The van der Waals surface area contributed by atoms with Gasteiger partial charge in [0.15, 0.2) is 0 Å². The first kappa shape index (κ1) is 16.1. The zero-order valence-electron chi connectivity index (χ0n) is 9.90. The predicted molar refractivity (Wildman–Crippen MR) is 61.0 cm³/mol. The molecular formula is C10H6F3N3O5. The Bertz CT molecular complexity index is 622. The second-order valence-electron chi connectivity index (χ2n) is 3.47. The molecule has 21 heavy (non-hydrogen) atoms. The SMILES string of the molecule is O=C(O)C(N=Nc1ccc([N+](=O)[O-])cc1)=C(O)C(F)(F)F. The van der Waals surface area contributed by atoms with Crippen LogP contribution in [0.2, 0.25) is 0 Å². The first-order valence-electron chi connectivity index (χ1n) is 5.03. The van der Waals surface area contributed by atoms with E-state index in [9.17, 15) is 28.1 Å². The number of nitrogens with zero attached hydrogens (tertiary/aromatic N) is 3. The second-order valence-corrected chi connectivity index (χ2v) is 3.47. The molecule has 0 bridgehead atoms. The number of hydrogen-bond donors (Lipinski definition) is 2. The van der Waals surface area contributed by atoms with Crippen molar-refractivity contribution >= 4 is 17.3 Å². The Morgan fingerprint density at radius 3 is 2.10 bits per heavy atom. The molecule has 1 rings (SSSR count). The Morgan fingerprint density at radius 1 is 1.19 bits per heavy atom. The molecule has 0 heterocycles. The quantitative estimate of drug-likeness (QED) is 0.290. The molecule has 0 aromatic heterocycles. The van der Waals surface area contributed by atoms with E-state index in [2.05, 4.69) is 10.2 Å². The highest BCUT2D eigenvalue weighted by atomic mass is 19.4. The first-order valence-corrected chi connectivity index (χ1v) is 5.03. The summed E-state index contributed by atoms with van der Waals surface area (Å²) in [6.45, 7) is 0. The van der Waals surface area contributed by atoms with Gasteiger partial charge in [0, 0.05) is 12.1 Å². The molecule has 1 aromatic carbocycles. The Morgan fingerprint density at radius 2 is 1.71 bits per heavy atom. The number of carbonyl (C=O) groups is 1. The molecule has 8 nitrogen and oxygen atoms in total. The van der Waals surface area contributed by atoms with E-state index in [4.69, 9.17) is 10.2 Å². The third-order valence-electron chi connectivity index (χ3n) is 2.02. The third-order valence-corrected chi connectivity index (χ3v) is 2.02. The summed E-state index contributed by atoms with van der Waals surface area (Å²) < 4.78 is 36.5. The summed E-state index contributed by atoms with van der Waals surface area (Å²) in [6, 6.07) is 4.10. The van der Waals surface area contributed by atoms with Crippen LogP contribution in [-0.4, -0.2) is 27.3 Å². The van der Waals surface area contributed by atoms with E-state index in [0.29, 0.717) is 0 Å². The Balaban J connectivity index is 3.10. The topological polar surface area (TPSA) is 125 Å². The van der Waals surface area contributed by atoms with Crippen LogP contribution in [0.5, 0.6) is 0 Å². The summed E-state index contributed by atoms with van der Waals surface area (Å²) in [6.07, 6.45) is -5.29. The van der Waals surface area contributed by atoms with Crippen molar-refractivity contribution in [3.05, 3.63) is 45.8 Å². The normalized spacial score (nSPS) is 13.1. The molecule has 0 amide bonds. The molecule has 0 aliphatic carbocycles. The molecule has 0 unspecified atom stereocenters. The van der Waals surface area contributed by atoms with Gasteiger partial charge in [0.2, 0.25) is 11.5 Å². The van der Waals surface area contributed by atoms with E-state index >= 15 is 0 Å². The van der Waals surface area contributed by atoms with E-state index in [0.717, 1.165) is 24.3 Å². The van der Waals surface area contributed by atoms with E-state index in [1.54, 1.807) is 0 Å². The number of hydrogen-bond acceptors (Lipinski definition) is 6. The van der Waals surface area contributed by atoms with Gasteiger partial charge < -0.3 is 10.2 Å². The zero-order chi connectivity index (χ0) is 16.2. The minimum atomic E-state index is -5.29. The number of aliphatic hydroxyl groups excluding tert-OH is 1. The van der Waals surface area contributed by atoms with Gasteiger partial charge >= 0.3 is 12.1 Å². The summed E-state index contributed by atoms with van der Waals surface area (Å²) in [5, 5.41) is 33.6. The molecule has 0 aliphatic heterocycles. The van der Waals surface area contributed by atoms with Gasteiger partial charge in [-0.15, -0.1) is 5.11 Å². The number of carboxylic acid groups (broad SMARTS) is 1. The number of nitro groups is 1. The lowest BCUT2D eigenvalue weighted by Crippen LogP contribution is -2.16. The van der Waals surface area contributed by atoms with Gasteiger partial charge in [0.25, 0.3) is 5.69 Å². The van der Waals surface area contributed by atoms with Gasteiger partial charge in [-0.2, -0.15) is 18.3 Å². The maximum atomic E-state index is 12.2. The maximum Gasteiger partial charge on any atom is 0.451 e. The smallest absolute Gasteiger partial charge is 0.451 e. The monoisotopic (exact) mass is 305 g/mol. The van der Waals surface area contributed by atoms with Crippen molar-refractivity contribution in [3.8, 4) is 0 Å². The first-order chi connectivity index (χ1) is 9.62. The van der Waals surface area contributed by atoms with Crippen LogP contribution in [0.3, 0.4) is 0 Å². The van der Waals surface area contributed by atoms with Crippen molar-refractivity contribution in [1.82, 2.24) is 0 Å². The van der Waals surface area contributed by atoms with Crippen molar-refractivity contribution in [2.24, 2.45) is 10.2 Å². The highest BCUT2D eigenvalue weighted by Gasteiger charge is 2.39. The van der Waals surface area contributed by atoms with Crippen LogP contribution in [0, 0.1) is 10.1 Å². The molecule has 0 radical (unpaired) electrons.